The Bertz CT molecular complexity index is 575. The number of benzene rings is 2. The third kappa shape index (κ3) is 2.13. The molecule has 0 fully saturated rings. The fraction of sp³-hybridized carbons (Fsp3) is 0.0714. The molecule has 1 heterocycles. The highest BCUT2D eigenvalue weighted by Crippen LogP contribution is 2.18. The molecule has 2 aromatic rings. The van der Waals surface area contributed by atoms with E-state index in [9.17, 15) is 0 Å². The first-order valence-electron chi connectivity index (χ1n) is 5.78. The molecule has 3 rings (SSSR count). The van der Waals surface area contributed by atoms with E-state index in [1.807, 2.05) is 60.7 Å². The van der Waals surface area contributed by atoms with Crippen molar-refractivity contribution in [3.63, 3.8) is 0 Å². The monoisotopic (exact) mass is 236 g/mol. The van der Waals surface area contributed by atoms with Crippen molar-refractivity contribution in [2.45, 2.75) is 6.17 Å². The van der Waals surface area contributed by atoms with E-state index in [4.69, 9.17) is 0 Å². The van der Waals surface area contributed by atoms with E-state index in [2.05, 4.69) is 20.8 Å². The summed E-state index contributed by atoms with van der Waals surface area (Å²) < 4.78 is 0. The first-order chi connectivity index (χ1) is 8.93. The molecule has 0 bridgehead atoms. The van der Waals surface area contributed by atoms with Crippen LogP contribution in [0.3, 0.4) is 0 Å². The second-order valence-corrected chi connectivity index (χ2v) is 3.96. The third-order valence-corrected chi connectivity index (χ3v) is 2.71. The van der Waals surface area contributed by atoms with Crippen LogP contribution in [-0.4, -0.2) is 5.84 Å². The standard InChI is InChI=1S/C14H12N4/c1-3-7-11(8-4-1)13-15-17-14(18-16-13)12-9-5-2-6-10-12/h1-10,13,15H. The lowest BCUT2D eigenvalue weighted by Crippen LogP contribution is -2.19. The molecule has 0 amide bonds. The Morgan fingerprint density at radius 3 is 2.11 bits per heavy atom. The van der Waals surface area contributed by atoms with E-state index in [0.29, 0.717) is 5.84 Å². The predicted molar refractivity (Wildman–Crippen MR) is 70.2 cm³/mol. The maximum absolute atomic E-state index is 4.26. The predicted octanol–water partition coefficient (Wildman–Crippen LogP) is 3.10. The molecule has 88 valence electrons. The fourth-order valence-electron chi connectivity index (χ4n) is 1.77. The van der Waals surface area contributed by atoms with Crippen LogP contribution in [0.15, 0.2) is 76.0 Å². The minimum atomic E-state index is -0.196. The molecule has 0 radical (unpaired) electrons. The van der Waals surface area contributed by atoms with Crippen LogP contribution < -0.4 is 5.43 Å². The van der Waals surface area contributed by atoms with Crippen LogP contribution in [0, 0.1) is 0 Å². The minimum Gasteiger partial charge on any atom is -0.278 e. The number of amidine groups is 1. The van der Waals surface area contributed by atoms with E-state index in [1.165, 1.54) is 0 Å². The summed E-state index contributed by atoms with van der Waals surface area (Å²) in [5, 5.41) is 12.7. The molecule has 1 unspecified atom stereocenters. The molecule has 4 heteroatoms. The smallest absolute Gasteiger partial charge is 0.200 e. The Hall–Kier alpha value is -2.49. The number of nitrogens with one attached hydrogen (secondary N) is 1. The maximum Gasteiger partial charge on any atom is 0.200 e. The Morgan fingerprint density at radius 1 is 0.833 bits per heavy atom. The van der Waals surface area contributed by atoms with E-state index < -0.39 is 0 Å². The SMILES string of the molecule is c1ccc(C2=NNC(c3ccccc3)N=N2)cc1. The lowest BCUT2D eigenvalue weighted by atomic mass is 10.2. The Balaban J connectivity index is 1.79. The van der Waals surface area contributed by atoms with E-state index in [-0.39, 0.29) is 6.17 Å². The summed E-state index contributed by atoms with van der Waals surface area (Å²) in [6.07, 6.45) is -0.196. The highest BCUT2D eigenvalue weighted by atomic mass is 15.4. The zero-order valence-corrected chi connectivity index (χ0v) is 9.69. The maximum atomic E-state index is 4.26. The minimum absolute atomic E-state index is 0.196. The molecule has 1 aliphatic heterocycles. The van der Waals surface area contributed by atoms with Gasteiger partial charge in [-0.2, -0.15) is 10.2 Å². The highest BCUT2D eigenvalue weighted by molar-refractivity contribution is 5.99. The van der Waals surface area contributed by atoms with Gasteiger partial charge in [-0.15, -0.1) is 5.11 Å². The topological polar surface area (TPSA) is 49.1 Å². The van der Waals surface area contributed by atoms with Crippen LogP contribution in [-0.2, 0) is 0 Å². The quantitative estimate of drug-likeness (QED) is 0.855. The Morgan fingerprint density at radius 2 is 1.50 bits per heavy atom. The number of rotatable bonds is 2. The number of hydrazone groups is 1. The third-order valence-electron chi connectivity index (χ3n) is 2.71. The van der Waals surface area contributed by atoms with Gasteiger partial charge >= 0.3 is 0 Å². The average Bonchev–Trinajstić information content (AvgIpc) is 2.49. The summed E-state index contributed by atoms with van der Waals surface area (Å²) in [5.74, 6) is 0.614. The van der Waals surface area contributed by atoms with Crippen LogP contribution in [0.1, 0.15) is 17.3 Å². The molecule has 0 saturated heterocycles. The van der Waals surface area contributed by atoms with Crippen molar-refractivity contribution in [3.8, 4) is 0 Å². The van der Waals surface area contributed by atoms with Crippen molar-refractivity contribution in [1.82, 2.24) is 5.43 Å². The van der Waals surface area contributed by atoms with Gasteiger partial charge in [-0.1, -0.05) is 60.7 Å². The highest BCUT2D eigenvalue weighted by Gasteiger charge is 2.14. The van der Waals surface area contributed by atoms with Gasteiger partial charge in [0.25, 0.3) is 0 Å². The van der Waals surface area contributed by atoms with Crippen molar-refractivity contribution < 1.29 is 0 Å². The van der Waals surface area contributed by atoms with Gasteiger partial charge < -0.3 is 0 Å². The zero-order chi connectivity index (χ0) is 12.2. The van der Waals surface area contributed by atoms with Crippen molar-refractivity contribution >= 4 is 5.84 Å². The number of azo groups is 1. The average molecular weight is 236 g/mol. The molecule has 0 spiro atoms. The first kappa shape index (κ1) is 10.7. The Labute approximate surface area is 105 Å². The largest absolute Gasteiger partial charge is 0.278 e. The van der Waals surface area contributed by atoms with Gasteiger partial charge in [0, 0.05) is 5.56 Å². The van der Waals surface area contributed by atoms with Crippen LogP contribution >= 0.6 is 0 Å². The molecule has 0 saturated carbocycles. The lowest BCUT2D eigenvalue weighted by molar-refractivity contribution is 0.542. The molecule has 1 aliphatic rings. The zero-order valence-electron chi connectivity index (χ0n) is 9.69. The molecule has 2 aromatic carbocycles. The van der Waals surface area contributed by atoms with Crippen LogP contribution in [0.5, 0.6) is 0 Å². The van der Waals surface area contributed by atoms with E-state index in [0.717, 1.165) is 11.1 Å². The molecule has 0 aliphatic carbocycles. The van der Waals surface area contributed by atoms with Crippen molar-refractivity contribution in [2.24, 2.45) is 15.3 Å². The van der Waals surface area contributed by atoms with Gasteiger partial charge in [0.15, 0.2) is 12.0 Å². The summed E-state index contributed by atoms with van der Waals surface area (Å²) in [6, 6.07) is 19.7. The van der Waals surface area contributed by atoms with Gasteiger partial charge in [-0.25, -0.2) is 0 Å². The second kappa shape index (κ2) is 4.79. The molecule has 4 nitrogen and oxygen atoms in total. The normalized spacial score (nSPS) is 18.0. The lowest BCUT2D eigenvalue weighted by Gasteiger charge is -2.15. The van der Waals surface area contributed by atoms with Gasteiger partial charge in [-0.3, -0.25) is 5.43 Å². The summed E-state index contributed by atoms with van der Waals surface area (Å²) in [7, 11) is 0. The number of hydrogen-bond acceptors (Lipinski definition) is 4. The van der Waals surface area contributed by atoms with Crippen LogP contribution in [0.25, 0.3) is 0 Å². The second-order valence-electron chi connectivity index (χ2n) is 3.96. The molecular weight excluding hydrogens is 224 g/mol. The van der Waals surface area contributed by atoms with Crippen molar-refractivity contribution in [1.29, 1.82) is 0 Å². The Kier molecular flexibility index (Phi) is 2.84. The van der Waals surface area contributed by atoms with Gasteiger partial charge in [-0.05, 0) is 5.56 Å². The molecule has 1 N–H and O–H groups in total. The molecule has 18 heavy (non-hydrogen) atoms. The summed E-state index contributed by atoms with van der Waals surface area (Å²) in [5.41, 5.74) is 5.02. The van der Waals surface area contributed by atoms with Crippen LogP contribution in [0.2, 0.25) is 0 Å². The van der Waals surface area contributed by atoms with E-state index in [1.54, 1.807) is 0 Å². The number of nitrogens with zero attached hydrogens (tertiary/aromatic N) is 3. The van der Waals surface area contributed by atoms with Gasteiger partial charge in [0.1, 0.15) is 0 Å². The summed E-state index contributed by atoms with van der Waals surface area (Å²) in [4.78, 5) is 0. The van der Waals surface area contributed by atoms with Crippen molar-refractivity contribution in [2.75, 3.05) is 0 Å². The van der Waals surface area contributed by atoms with E-state index >= 15 is 0 Å². The van der Waals surface area contributed by atoms with Gasteiger partial charge in [0.2, 0.25) is 0 Å². The summed E-state index contributed by atoms with van der Waals surface area (Å²) in [6.45, 7) is 0. The fourth-order valence-corrected chi connectivity index (χ4v) is 1.77. The number of hydrogen-bond donors (Lipinski definition) is 1. The summed E-state index contributed by atoms with van der Waals surface area (Å²) >= 11 is 0. The van der Waals surface area contributed by atoms with Gasteiger partial charge in [0.05, 0.1) is 0 Å². The molecular formula is C14H12N4. The van der Waals surface area contributed by atoms with Crippen molar-refractivity contribution in [3.05, 3.63) is 71.8 Å². The first-order valence-corrected chi connectivity index (χ1v) is 5.78. The molecule has 0 aromatic heterocycles. The molecule has 1 atom stereocenters. The van der Waals surface area contributed by atoms with Crippen LogP contribution in [0.4, 0.5) is 0 Å².